The fraction of sp³-hybridized carbons (Fsp3) is 0.320. The zero-order chi connectivity index (χ0) is 21.8. The van der Waals surface area contributed by atoms with E-state index in [1.165, 1.54) is 0 Å². The smallest absolute Gasteiger partial charge is 0.251 e. The molecule has 2 N–H and O–H groups in total. The molecule has 1 fully saturated rings. The van der Waals surface area contributed by atoms with Gasteiger partial charge in [0.25, 0.3) is 5.91 Å². The zero-order valence-electron chi connectivity index (χ0n) is 17.8. The number of nitrogens with one attached hydrogen (secondary N) is 2. The van der Waals surface area contributed by atoms with Gasteiger partial charge in [-0.2, -0.15) is 5.26 Å². The van der Waals surface area contributed by atoms with Gasteiger partial charge in [-0.3, -0.25) is 4.79 Å². The summed E-state index contributed by atoms with van der Waals surface area (Å²) in [5, 5.41) is 17.2. The van der Waals surface area contributed by atoms with E-state index in [0.717, 1.165) is 48.0 Å². The van der Waals surface area contributed by atoms with Crippen LogP contribution in [0.3, 0.4) is 0 Å². The molecule has 1 amide bonds. The van der Waals surface area contributed by atoms with E-state index in [1.54, 1.807) is 31.4 Å². The van der Waals surface area contributed by atoms with Crippen molar-refractivity contribution in [3.05, 3.63) is 65.9 Å². The highest BCUT2D eigenvalue weighted by Crippen LogP contribution is 2.34. The Morgan fingerprint density at radius 1 is 1.23 bits per heavy atom. The highest BCUT2D eigenvalue weighted by Gasteiger charge is 2.33. The van der Waals surface area contributed by atoms with E-state index in [0.29, 0.717) is 11.3 Å². The number of carbonyl (C=O) groups excluding carboxylic acids is 1. The maximum atomic E-state index is 12.7. The number of nitriles is 1. The van der Waals surface area contributed by atoms with Crippen molar-refractivity contribution in [3.8, 4) is 11.8 Å². The van der Waals surface area contributed by atoms with Gasteiger partial charge in [0, 0.05) is 28.2 Å². The van der Waals surface area contributed by atoms with Crippen LogP contribution < -0.4 is 15.4 Å². The van der Waals surface area contributed by atoms with E-state index >= 15 is 0 Å². The first-order valence-electron chi connectivity index (χ1n) is 10.5. The molecule has 0 aliphatic heterocycles. The number of rotatable bonds is 5. The number of hydrogen-bond donors (Lipinski definition) is 2. The summed E-state index contributed by atoms with van der Waals surface area (Å²) in [4.78, 5) is 17.1. The summed E-state index contributed by atoms with van der Waals surface area (Å²) in [5.41, 5.74) is 2.52. The van der Waals surface area contributed by atoms with E-state index < -0.39 is 0 Å². The lowest BCUT2D eigenvalue weighted by Gasteiger charge is -2.40. The fourth-order valence-electron chi connectivity index (χ4n) is 4.40. The lowest BCUT2D eigenvalue weighted by Crippen LogP contribution is -2.48. The summed E-state index contributed by atoms with van der Waals surface area (Å²) in [7, 11) is 1.61. The minimum atomic E-state index is -0.201. The Morgan fingerprint density at radius 2 is 2.00 bits per heavy atom. The summed E-state index contributed by atoms with van der Waals surface area (Å²) < 4.78 is 5.17. The Hall–Kier alpha value is -3.59. The van der Waals surface area contributed by atoms with E-state index in [4.69, 9.17) is 4.74 Å². The quantitative estimate of drug-likeness (QED) is 0.634. The number of carbonyl (C=O) groups is 1. The topological polar surface area (TPSA) is 87.0 Å². The molecule has 6 heteroatoms. The number of ether oxygens (including phenoxy) is 1. The molecule has 1 saturated carbocycles. The molecule has 1 aliphatic carbocycles. The predicted molar refractivity (Wildman–Crippen MR) is 121 cm³/mol. The molecule has 1 heterocycles. The molecular weight excluding hydrogens is 388 g/mol. The first-order chi connectivity index (χ1) is 15.0. The largest absolute Gasteiger partial charge is 0.497 e. The van der Waals surface area contributed by atoms with Crippen molar-refractivity contribution < 1.29 is 9.53 Å². The molecule has 4 rings (SSSR count). The molecule has 0 bridgehead atoms. The molecule has 2 atom stereocenters. The van der Waals surface area contributed by atoms with Crippen molar-refractivity contribution in [3.63, 3.8) is 0 Å². The van der Waals surface area contributed by atoms with Gasteiger partial charge in [-0.05, 0) is 69.0 Å². The molecule has 2 aromatic carbocycles. The van der Waals surface area contributed by atoms with Gasteiger partial charge in [0.15, 0.2) is 0 Å². The standard InChI is InChI=1S/C25H26N4O2/c1-25(29-23-14-19(16-26)27-22-8-4-3-7-21(22)23)13-5-6-18(15-25)28-24(30)17-9-11-20(31-2)12-10-17/h3-4,7-12,14,18H,5-6,13,15H2,1-2H3,(H,27,29)(H,28,30)/t18-,25+/m1/s1. The van der Waals surface area contributed by atoms with Crippen LogP contribution in [0.25, 0.3) is 10.9 Å². The second-order valence-corrected chi connectivity index (χ2v) is 8.36. The van der Waals surface area contributed by atoms with Gasteiger partial charge in [-0.1, -0.05) is 18.2 Å². The van der Waals surface area contributed by atoms with Crippen LogP contribution in [0, 0.1) is 11.3 Å². The van der Waals surface area contributed by atoms with Gasteiger partial charge in [-0.15, -0.1) is 0 Å². The third-order valence-corrected chi connectivity index (χ3v) is 5.93. The Bertz CT molecular complexity index is 1140. The molecule has 0 radical (unpaired) electrons. The van der Waals surface area contributed by atoms with Gasteiger partial charge >= 0.3 is 0 Å². The molecule has 31 heavy (non-hydrogen) atoms. The fourth-order valence-corrected chi connectivity index (χ4v) is 4.40. The number of pyridine rings is 1. The van der Waals surface area contributed by atoms with Crippen molar-refractivity contribution in [1.29, 1.82) is 5.26 Å². The molecule has 6 nitrogen and oxygen atoms in total. The van der Waals surface area contributed by atoms with Crippen LogP contribution in [0.4, 0.5) is 5.69 Å². The molecule has 0 saturated heterocycles. The Labute approximate surface area is 182 Å². The molecule has 1 aliphatic rings. The van der Waals surface area contributed by atoms with E-state index in [2.05, 4.69) is 28.6 Å². The van der Waals surface area contributed by atoms with E-state index in [-0.39, 0.29) is 17.5 Å². The van der Waals surface area contributed by atoms with Crippen LogP contribution in [-0.4, -0.2) is 29.6 Å². The Kier molecular flexibility index (Phi) is 5.77. The van der Waals surface area contributed by atoms with Crippen LogP contribution >= 0.6 is 0 Å². The van der Waals surface area contributed by atoms with Crippen molar-refractivity contribution in [2.75, 3.05) is 12.4 Å². The zero-order valence-corrected chi connectivity index (χ0v) is 17.8. The number of nitrogens with zero attached hydrogens (tertiary/aromatic N) is 2. The summed E-state index contributed by atoms with van der Waals surface area (Å²) in [6.07, 6.45) is 3.73. The first kappa shape index (κ1) is 20.7. The second-order valence-electron chi connectivity index (χ2n) is 8.36. The number of methoxy groups -OCH3 is 1. The number of fused-ring (bicyclic) bond motifs is 1. The monoisotopic (exact) mass is 414 g/mol. The second kappa shape index (κ2) is 8.65. The van der Waals surface area contributed by atoms with Crippen LogP contribution in [0.2, 0.25) is 0 Å². The highest BCUT2D eigenvalue weighted by atomic mass is 16.5. The van der Waals surface area contributed by atoms with Crippen LogP contribution in [0.15, 0.2) is 54.6 Å². The third kappa shape index (κ3) is 4.61. The number of benzene rings is 2. The number of hydrogen-bond acceptors (Lipinski definition) is 5. The van der Waals surface area contributed by atoms with Gasteiger partial charge in [0.2, 0.25) is 0 Å². The number of para-hydroxylation sites is 1. The summed E-state index contributed by atoms with van der Waals surface area (Å²) in [6, 6.07) is 19.0. The van der Waals surface area contributed by atoms with Crippen molar-refractivity contribution in [1.82, 2.24) is 10.3 Å². The third-order valence-electron chi connectivity index (χ3n) is 5.93. The van der Waals surface area contributed by atoms with Crippen molar-refractivity contribution >= 4 is 22.5 Å². The van der Waals surface area contributed by atoms with Crippen LogP contribution in [-0.2, 0) is 0 Å². The summed E-state index contributed by atoms with van der Waals surface area (Å²) in [6.45, 7) is 2.18. The summed E-state index contributed by atoms with van der Waals surface area (Å²) in [5.74, 6) is 0.658. The molecule has 1 aromatic heterocycles. The molecule has 0 spiro atoms. The van der Waals surface area contributed by atoms with Crippen molar-refractivity contribution in [2.45, 2.75) is 44.2 Å². The van der Waals surface area contributed by atoms with Crippen LogP contribution in [0.1, 0.15) is 48.7 Å². The SMILES string of the molecule is COc1ccc(C(=O)N[C@@H]2CCC[C@](C)(Nc3cc(C#N)nc4ccccc34)C2)cc1. The maximum absolute atomic E-state index is 12.7. The minimum Gasteiger partial charge on any atom is -0.497 e. The maximum Gasteiger partial charge on any atom is 0.251 e. The first-order valence-corrected chi connectivity index (χ1v) is 10.5. The van der Waals surface area contributed by atoms with Crippen LogP contribution in [0.5, 0.6) is 5.75 Å². The average Bonchev–Trinajstić information content (AvgIpc) is 2.78. The molecular formula is C25H26N4O2. The Balaban J connectivity index is 1.50. The normalized spacial score (nSPS) is 20.6. The molecule has 158 valence electrons. The number of aromatic nitrogens is 1. The van der Waals surface area contributed by atoms with Gasteiger partial charge < -0.3 is 15.4 Å². The summed E-state index contributed by atoms with van der Waals surface area (Å²) >= 11 is 0. The average molecular weight is 415 g/mol. The lowest BCUT2D eigenvalue weighted by atomic mass is 9.80. The minimum absolute atomic E-state index is 0.0713. The van der Waals surface area contributed by atoms with E-state index in [9.17, 15) is 10.1 Å². The Morgan fingerprint density at radius 3 is 2.74 bits per heavy atom. The van der Waals surface area contributed by atoms with Gasteiger partial charge in [-0.25, -0.2) is 4.98 Å². The molecule has 0 unspecified atom stereocenters. The number of amides is 1. The van der Waals surface area contributed by atoms with Crippen molar-refractivity contribution in [2.24, 2.45) is 0 Å². The van der Waals surface area contributed by atoms with E-state index in [1.807, 2.05) is 30.3 Å². The highest BCUT2D eigenvalue weighted by molar-refractivity contribution is 5.94. The lowest BCUT2D eigenvalue weighted by molar-refractivity contribution is 0.0919. The van der Waals surface area contributed by atoms with Gasteiger partial charge in [0.1, 0.15) is 17.5 Å². The number of anilines is 1. The van der Waals surface area contributed by atoms with Gasteiger partial charge in [0.05, 0.1) is 12.6 Å². The predicted octanol–water partition coefficient (Wildman–Crippen LogP) is 4.66. The molecule has 3 aromatic rings.